The fourth-order valence-electron chi connectivity index (χ4n) is 3.38. The predicted molar refractivity (Wildman–Crippen MR) is 140 cm³/mol. The minimum Gasteiger partial charge on any atom is -0.492 e. The number of methoxy groups -OCH3 is 1. The van der Waals surface area contributed by atoms with Gasteiger partial charge in [0.1, 0.15) is 5.82 Å². The summed E-state index contributed by atoms with van der Waals surface area (Å²) in [7, 11) is 3.43. The average Bonchev–Trinajstić information content (AvgIpc) is 3.14. The van der Waals surface area contributed by atoms with Crippen LogP contribution < -0.4 is 15.4 Å². The Morgan fingerprint density at radius 1 is 1.20 bits per heavy atom. The molecule has 0 radical (unpaired) electrons. The van der Waals surface area contributed by atoms with Crippen LogP contribution in [0.3, 0.4) is 0 Å². The van der Waals surface area contributed by atoms with Crippen molar-refractivity contribution < 1.29 is 9.53 Å². The summed E-state index contributed by atoms with van der Waals surface area (Å²) in [4.78, 5) is 30.6. The van der Waals surface area contributed by atoms with E-state index in [1.54, 1.807) is 42.5 Å². The lowest BCUT2D eigenvalue weighted by molar-refractivity contribution is 0.0988. The molecule has 0 atom stereocenters. The van der Waals surface area contributed by atoms with Crippen LogP contribution in [0.1, 0.15) is 55.7 Å². The number of anilines is 4. The number of Topliss-reactive ketones (excluding diaryl/α,β-unsaturated/α-hetero) is 1. The van der Waals surface area contributed by atoms with E-state index in [2.05, 4.69) is 35.7 Å². The Labute approximate surface area is 205 Å². The van der Waals surface area contributed by atoms with Gasteiger partial charge in [-0.15, -0.1) is 0 Å². The van der Waals surface area contributed by atoms with Crippen molar-refractivity contribution in [2.75, 3.05) is 17.7 Å². The van der Waals surface area contributed by atoms with Gasteiger partial charge < -0.3 is 15.4 Å². The number of ketones is 1. The lowest BCUT2D eigenvalue weighted by atomic mass is 10.1. The first-order chi connectivity index (χ1) is 16.8. The maximum absolute atomic E-state index is 12.7. The Balaban J connectivity index is 2.06. The third-order valence-corrected chi connectivity index (χ3v) is 5.13. The Morgan fingerprint density at radius 3 is 2.57 bits per heavy atom. The van der Waals surface area contributed by atoms with E-state index in [1.807, 2.05) is 47.7 Å². The molecule has 0 aliphatic heterocycles. The van der Waals surface area contributed by atoms with E-state index < -0.39 is 0 Å². The van der Waals surface area contributed by atoms with Gasteiger partial charge in [-0.3, -0.25) is 14.5 Å². The van der Waals surface area contributed by atoms with Gasteiger partial charge in [-0.25, -0.2) is 15.0 Å². The summed E-state index contributed by atoms with van der Waals surface area (Å²) in [6.07, 6.45) is 5.23. The fraction of sp³-hybridized carbons (Fsp3) is 0.360. The van der Waals surface area contributed by atoms with E-state index in [0.717, 1.165) is 5.69 Å². The molecule has 0 saturated heterocycles. The van der Waals surface area contributed by atoms with Crippen LogP contribution >= 0.6 is 0 Å². The predicted octanol–water partition coefficient (Wildman–Crippen LogP) is 4.85. The SMILES string of the molecule is CC=NC(=NC(C)C)c1ccnc(Nc2cc(Nc3cc(C)n(C)n3)ncc2C(=O)CC)c1OC. The zero-order chi connectivity index (χ0) is 25.5. The minimum absolute atomic E-state index is 0.0424. The smallest absolute Gasteiger partial charge is 0.173 e. The van der Waals surface area contributed by atoms with Crippen molar-refractivity contribution in [3.05, 3.63) is 47.4 Å². The standard InChI is InChI=1S/C25H32N8O2/c1-8-20(34)18-14-28-21(31-22-12-16(5)33(6)32-22)13-19(18)30-25-23(35-7)17(10-11-27-25)24(26-9-2)29-15(3)4/h9-15H,8H2,1-7H3,(H2,27,28,30,31,32). The molecule has 0 aliphatic carbocycles. The third-order valence-electron chi connectivity index (χ3n) is 5.13. The second-order valence-electron chi connectivity index (χ2n) is 8.11. The van der Waals surface area contributed by atoms with E-state index in [-0.39, 0.29) is 11.8 Å². The van der Waals surface area contributed by atoms with Gasteiger partial charge in [0, 0.05) is 55.9 Å². The van der Waals surface area contributed by atoms with Crippen LogP contribution in [0.15, 0.2) is 40.6 Å². The largest absolute Gasteiger partial charge is 0.492 e. The van der Waals surface area contributed by atoms with E-state index in [4.69, 9.17) is 4.74 Å². The maximum Gasteiger partial charge on any atom is 0.173 e. The molecule has 3 rings (SSSR count). The minimum atomic E-state index is -0.0482. The third kappa shape index (κ3) is 6.08. The molecule has 0 aliphatic rings. The number of ether oxygens (including phenoxy) is 1. The summed E-state index contributed by atoms with van der Waals surface area (Å²) < 4.78 is 7.49. The van der Waals surface area contributed by atoms with E-state index in [9.17, 15) is 4.79 Å². The van der Waals surface area contributed by atoms with Gasteiger partial charge in [-0.05, 0) is 33.8 Å². The number of hydrogen-bond donors (Lipinski definition) is 2. The summed E-state index contributed by atoms with van der Waals surface area (Å²) in [5.41, 5.74) is 2.69. The van der Waals surface area contributed by atoms with Crippen LogP contribution in [0.25, 0.3) is 0 Å². The van der Waals surface area contributed by atoms with E-state index in [1.165, 1.54) is 0 Å². The lowest BCUT2D eigenvalue weighted by Gasteiger charge is -2.16. The van der Waals surface area contributed by atoms with Gasteiger partial charge >= 0.3 is 0 Å². The van der Waals surface area contributed by atoms with Gasteiger partial charge in [0.05, 0.1) is 23.9 Å². The Morgan fingerprint density at radius 2 is 1.97 bits per heavy atom. The van der Waals surface area contributed by atoms with Crippen LogP contribution in [-0.4, -0.2) is 50.7 Å². The first-order valence-corrected chi connectivity index (χ1v) is 11.4. The molecule has 0 aromatic carbocycles. The van der Waals surface area contributed by atoms with Gasteiger partial charge in [-0.1, -0.05) is 6.92 Å². The number of aromatic nitrogens is 4. The number of rotatable bonds is 9. The quantitative estimate of drug-likeness (QED) is 0.257. The number of amidine groups is 1. The number of hydrogen-bond acceptors (Lipinski definition) is 8. The molecule has 0 bridgehead atoms. The van der Waals surface area contributed by atoms with Crippen molar-refractivity contribution in [3.8, 4) is 5.75 Å². The average molecular weight is 477 g/mol. The molecule has 0 amide bonds. The van der Waals surface area contributed by atoms with Crippen molar-refractivity contribution in [1.82, 2.24) is 19.7 Å². The highest BCUT2D eigenvalue weighted by molar-refractivity contribution is 6.06. The number of nitrogens with one attached hydrogen (secondary N) is 2. The normalized spacial score (nSPS) is 11.8. The number of carbonyl (C=O) groups is 1. The van der Waals surface area contributed by atoms with Crippen molar-refractivity contribution in [2.45, 2.75) is 47.1 Å². The molecule has 184 valence electrons. The molecular weight excluding hydrogens is 444 g/mol. The Hall–Kier alpha value is -4.08. The van der Waals surface area contributed by atoms with Gasteiger partial charge in [-0.2, -0.15) is 5.10 Å². The highest BCUT2D eigenvalue weighted by atomic mass is 16.5. The summed E-state index contributed by atoms with van der Waals surface area (Å²) in [6, 6.07) is 5.52. The first-order valence-electron chi connectivity index (χ1n) is 11.4. The maximum atomic E-state index is 12.7. The molecule has 3 aromatic heterocycles. The topological polar surface area (TPSA) is 119 Å². The molecule has 35 heavy (non-hydrogen) atoms. The van der Waals surface area contributed by atoms with Crippen LogP contribution in [0.5, 0.6) is 5.75 Å². The lowest BCUT2D eigenvalue weighted by Crippen LogP contribution is -2.10. The molecule has 0 unspecified atom stereocenters. The Kier molecular flexibility index (Phi) is 8.30. The molecule has 2 N–H and O–H groups in total. The number of aliphatic imine (C=N–C) groups is 2. The monoisotopic (exact) mass is 476 g/mol. The fourth-order valence-corrected chi connectivity index (χ4v) is 3.38. The number of pyridine rings is 2. The van der Waals surface area contributed by atoms with Gasteiger partial charge in [0.15, 0.2) is 29.0 Å². The second-order valence-corrected chi connectivity index (χ2v) is 8.11. The summed E-state index contributed by atoms with van der Waals surface area (Å²) in [5.74, 6) is 2.58. The van der Waals surface area contributed by atoms with Crippen molar-refractivity contribution in [1.29, 1.82) is 0 Å². The molecule has 0 saturated carbocycles. The van der Waals surface area contributed by atoms with Crippen LogP contribution in [0.2, 0.25) is 0 Å². The summed E-state index contributed by atoms with van der Waals surface area (Å²) >= 11 is 0. The number of nitrogens with zero attached hydrogens (tertiary/aromatic N) is 6. The van der Waals surface area contributed by atoms with Crippen molar-refractivity contribution >= 4 is 41.0 Å². The molecule has 3 aromatic rings. The second kappa shape index (κ2) is 11.4. The van der Waals surface area contributed by atoms with Crippen molar-refractivity contribution in [2.24, 2.45) is 17.0 Å². The highest BCUT2D eigenvalue weighted by Gasteiger charge is 2.19. The summed E-state index contributed by atoms with van der Waals surface area (Å²) in [5, 5.41) is 10.9. The van der Waals surface area contributed by atoms with Gasteiger partial charge in [0.2, 0.25) is 0 Å². The zero-order valence-corrected chi connectivity index (χ0v) is 21.2. The molecule has 10 nitrogen and oxygen atoms in total. The number of carbonyl (C=O) groups excluding carboxylic acids is 1. The molecule has 0 fully saturated rings. The van der Waals surface area contributed by atoms with E-state index in [0.29, 0.717) is 52.3 Å². The van der Waals surface area contributed by atoms with E-state index >= 15 is 0 Å². The van der Waals surface area contributed by atoms with Crippen LogP contribution in [0, 0.1) is 6.92 Å². The Bertz CT molecular complexity index is 1240. The van der Waals surface area contributed by atoms with Crippen LogP contribution in [-0.2, 0) is 7.05 Å². The number of aryl methyl sites for hydroxylation is 2. The molecule has 10 heteroatoms. The first kappa shape index (κ1) is 25.5. The summed E-state index contributed by atoms with van der Waals surface area (Å²) in [6.45, 7) is 9.57. The van der Waals surface area contributed by atoms with Gasteiger partial charge in [0.25, 0.3) is 0 Å². The van der Waals surface area contributed by atoms with Crippen LogP contribution in [0.4, 0.5) is 23.1 Å². The van der Waals surface area contributed by atoms with Crippen molar-refractivity contribution in [3.63, 3.8) is 0 Å². The molecule has 3 heterocycles. The zero-order valence-electron chi connectivity index (χ0n) is 21.2. The molecule has 0 spiro atoms. The molecular formula is C25H32N8O2. The highest BCUT2D eigenvalue weighted by Crippen LogP contribution is 2.32.